The van der Waals surface area contributed by atoms with Crippen molar-refractivity contribution in [2.45, 2.75) is 13.0 Å². The summed E-state index contributed by atoms with van der Waals surface area (Å²) in [7, 11) is 0. The van der Waals surface area contributed by atoms with Gasteiger partial charge in [-0.2, -0.15) is 0 Å². The molecule has 1 aromatic heterocycles. The Bertz CT molecular complexity index is 279. The van der Waals surface area contributed by atoms with E-state index < -0.39 is 0 Å². The molecule has 11 heavy (non-hydrogen) atoms. The van der Waals surface area contributed by atoms with Gasteiger partial charge in [-0.3, -0.25) is 4.79 Å². The number of hydrogen-bond donors (Lipinski definition) is 1. The molecule has 1 aliphatic heterocycles. The Balaban J connectivity index is 2.41. The van der Waals surface area contributed by atoms with Crippen LogP contribution in [0.5, 0.6) is 0 Å². The third-order valence-corrected chi connectivity index (χ3v) is 2.84. The summed E-state index contributed by atoms with van der Waals surface area (Å²) in [5.41, 5.74) is 1.16. The predicted molar refractivity (Wildman–Crippen MR) is 45.0 cm³/mol. The number of hydrogen-bond acceptors (Lipinski definition) is 3. The molecule has 0 aliphatic carbocycles. The Labute approximate surface area is 69.2 Å². The van der Waals surface area contributed by atoms with Crippen molar-refractivity contribution < 1.29 is 4.79 Å². The summed E-state index contributed by atoms with van der Waals surface area (Å²) in [6, 6.07) is 2.02. The standard InChI is InChI=1S/C8H9NOS/c10-7-1-3-9-5-6-2-4-11-8(6)7/h2,4,9H,1,3,5H2. The fraction of sp³-hybridized carbons (Fsp3) is 0.375. The van der Waals surface area contributed by atoms with E-state index in [9.17, 15) is 4.79 Å². The summed E-state index contributed by atoms with van der Waals surface area (Å²) < 4.78 is 0. The molecule has 0 saturated heterocycles. The maximum atomic E-state index is 11.3. The normalized spacial score (nSPS) is 17.6. The van der Waals surface area contributed by atoms with Gasteiger partial charge in [0.25, 0.3) is 0 Å². The van der Waals surface area contributed by atoms with Crippen LogP contribution in [0, 0.1) is 0 Å². The molecule has 0 saturated carbocycles. The van der Waals surface area contributed by atoms with Crippen LogP contribution in [0.25, 0.3) is 0 Å². The van der Waals surface area contributed by atoms with Gasteiger partial charge >= 0.3 is 0 Å². The summed E-state index contributed by atoms with van der Waals surface area (Å²) in [5, 5.41) is 5.19. The molecule has 1 N–H and O–H groups in total. The lowest BCUT2D eigenvalue weighted by molar-refractivity contribution is 0.0989. The van der Waals surface area contributed by atoms with Gasteiger partial charge < -0.3 is 5.32 Å². The second kappa shape index (κ2) is 2.75. The molecule has 0 fully saturated rings. The topological polar surface area (TPSA) is 29.1 Å². The minimum absolute atomic E-state index is 0.292. The van der Waals surface area contributed by atoms with E-state index in [1.54, 1.807) is 11.3 Å². The van der Waals surface area contributed by atoms with Gasteiger partial charge in [-0.05, 0) is 17.0 Å². The summed E-state index contributed by atoms with van der Waals surface area (Å²) in [6.07, 6.45) is 0.646. The molecule has 1 aliphatic rings. The van der Waals surface area contributed by atoms with Crippen molar-refractivity contribution in [2.24, 2.45) is 0 Å². The SMILES string of the molecule is O=C1CCNCc2ccsc21. The van der Waals surface area contributed by atoms with Gasteiger partial charge in [-0.25, -0.2) is 0 Å². The number of nitrogens with one attached hydrogen (secondary N) is 1. The van der Waals surface area contributed by atoms with Crippen molar-refractivity contribution in [1.29, 1.82) is 0 Å². The zero-order valence-corrected chi connectivity index (χ0v) is 6.91. The van der Waals surface area contributed by atoms with Gasteiger partial charge in [-0.15, -0.1) is 11.3 Å². The lowest BCUT2D eigenvalue weighted by Crippen LogP contribution is -2.12. The van der Waals surface area contributed by atoms with E-state index in [1.807, 2.05) is 11.4 Å². The average molecular weight is 167 g/mol. The molecule has 2 heterocycles. The zero-order chi connectivity index (χ0) is 7.68. The molecule has 58 valence electrons. The van der Waals surface area contributed by atoms with Crippen molar-refractivity contribution in [2.75, 3.05) is 6.54 Å². The lowest BCUT2D eigenvalue weighted by atomic mass is 10.2. The Morgan fingerprint density at radius 1 is 1.55 bits per heavy atom. The largest absolute Gasteiger partial charge is 0.312 e. The third-order valence-electron chi connectivity index (χ3n) is 1.84. The second-order valence-electron chi connectivity index (χ2n) is 2.62. The van der Waals surface area contributed by atoms with Crippen LogP contribution in [-0.2, 0) is 6.54 Å². The van der Waals surface area contributed by atoms with Crippen molar-refractivity contribution in [3.05, 3.63) is 21.9 Å². The van der Waals surface area contributed by atoms with E-state index in [0.717, 1.165) is 23.5 Å². The van der Waals surface area contributed by atoms with Crippen LogP contribution in [0.4, 0.5) is 0 Å². The molecule has 2 nitrogen and oxygen atoms in total. The number of carbonyl (C=O) groups is 1. The van der Waals surface area contributed by atoms with Gasteiger partial charge in [0.1, 0.15) is 0 Å². The summed E-state index contributed by atoms with van der Waals surface area (Å²) in [4.78, 5) is 12.3. The highest BCUT2D eigenvalue weighted by molar-refractivity contribution is 7.12. The maximum Gasteiger partial charge on any atom is 0.174 e. The Hall–Kier alpha value is -0.670. The first-order valence-electron chi connectivity index (χ1n) is 3.68. The van der Waals surface area contributed by atoms with Crippen molar-refractivity contribution in [1.82, 2.24) is 5.32 Å². The van der Waals surface area contributed by atoms with E-state index in [1.165, 1.54) is 0 Å². The van der Waals surface area contributed by atoms with E-state index >= 15 is 0 Å². The fourth-order valence-electron chi connectivity index (χ4n) is 1.26. The molecule has 3 heteroatoms. The van der Waals surface area contributed by atoms with Crippen LogP contribution in [0.1, 0.15) is 21.7 Å². The van der Waals surface area contributed by atoms with Crippen molar-refractivity contribution >= 4 is 17.1 Å². The first-order valence-corrected chi connectivity index (χ1v) is 4.56. The van der Waals surface area contributed by atoms with Gasteiger partial charge in [0, 0.05) is 19.5 Å². The van der Waals surface area contributed by atoms with Gasteiger partial charge in [0.2, 0.25) is 0 Å². The molecule has 1 aromatic rings. The fourth-order valence-corrected chi connectivity index (χ4v) is 2.15. The first-order chi connectivity index (χ1) is 5.38. The predicted octanol–water partition coefficient (Wildman–Crippen LogP) is 1.42. The quantitative estimate of drug-likeness (QED) is 0.633. The summed E-state index contributed by atoms with van der Waals surface area (Å²) >= 11 is 1.56. The minimum atomic E-state index is 0.292. The highest BCUT2D eigenvalue weighted by Gasteiger charge is 2.15. The third kappa shape index (κ3) is 1.21. The smallest absolute Gasteiger partial charge is 0.174 e. The molecular formula is C8H9NOS. The molecular weight excluding hydrogens is 158 g/mol. The van der Waals surface area contributed by atoms with Crippen molar-refractivity contribution in [3.8, 4) is 0 Å². The Morgan fingerprint density at radius 3 is 3.36 bits per heavy atom. The first kappa shape index (κ1) is 7.00. The van der Waals surface area contributed by atoms with Crippen LogP contribution in [0.15, 0.2) is 11.4 Å². The van der Waals surface area contributed by atoms with Crippen molar-refractivity contribution in [3.63, 3.8) is 0 Å². The number of carbonyl (C=O) groups excluding carboxylic acids is 1. The lowest BCUT2D eigenvalue weighted by Gasteiger charge is -1.94. The highest BCUT2D eigenvalue weighted by atomic mass is 32.1. The number of thiophene rings is 1. The van der Waals surface area contributed by atoms with E-state index in [-0.39, 0.29) is 0 Å². The molecule has 0 spiro atoms. The zero-order valence-electron chi connectivity index (χ0n) is 6.09. The molecule has 0 amide bonds. The number of fused-ring (bicyclic) bond motifs is 1. The highest BCUT2D eigenvalue weighted by Crippen LogP contribution is 2.20. The van der Waals surface area contributed by atoms with Crippen LogP contribution in [-0.4, -0.2) is 12.3 Å². The average Bonchev–Trinajstić information content (AvgIpc) is 2.40. The molecule has 0 aromatic carbocycles. The summed E-state index contributed by atoms with van der Waals surface area (Å²) in [5.74, 6) is 0.292. The molecule has 0 radical (unpaired) electrons. The van der Waals surface area contributed by atoms with E-state index in [4.69, 9.17) is 0 Å². The van der Waals surface area contributed by atoms with Crippen LogP contribution in [0.2, 0.25) is 0 Å². The monoisotopic (exact) mass is 167 g/mol. The summed E-state index contributed by atoms with van der Waals surface area (Å²) in [6.45, 7) is 1.67. The van der Waals surface area contributed by atoms with E-state index in [0.29, 0.717) is 12.2 Å². The van der Waals surface area contributed by atoms with Gasteiger partial charge in [0.15, 0.2) is 5.78 Å². The Morgan fingerprint density at radius 2 is 2.45 bits per heavy atom. The number of ketones is 1. The molecule has 0 bridgehead atoms. The molecule has 0 atom stereocenters. The minimum Gasteiger partial charge on any atom is -0.312 e. The maximum absolute atomic E-state index is 11.3. The molecule has 0 unspecified atom stereocenters. The second-order valence-corrected chi connectivity index (χ2v) is 3.54. The Kier molecular flexibility index (Phi) is 1.75. The van der Waals surface area contributed by atoms with Crippen LogP contribution in [0.3, 0.4) is 0 Å². The van der Waals surface area contributed by atoms with E-state index in [2.05, 4.69) is 5.32 Å². The van der Waals surface area contributed by atoms with Gasteiger partial charge in [-0.1, -0.05) is 0 Å². The number of Topliss-reactive ketones (excluding diaryl/α,β-unsaturated/α-hetero) is 1. The molecule has 2 rings (SSSR count). The number of rotatable bonds is 0. The van der Waals surface area contributed by atoms with Crippen LogP contribution >= 0.6 is 11.3 Å². The van der Waals surface area contributed by atoms with Crippen LogP contribution < -0.4 is 5.32 Å². The van der Waals surface area contributed by atoms with Gasteiger partial charge in [0.05, 0.1) is 4.88 Å².